The summed E-state index contributed by atoms with van der Waals surface area (Å²) in [6, 6.07) is 1.82. The summed E-state index contributed by atoms with van der Waals surface area (Å²) < 4.78 is 52.9. The number of nitrogens with zero attached hydrogens (tertiary/aromatic N) is 5. The molecule has 0 aliphatic heterocycles. The monoisotopic (exact) mass is 412 g/mol. The maximum Gasteiger partial charge on any atom is 0.416 e. The molecule has 0 amide bonds. The van der Waals surface area contributed by atoms with Crippen LogP contribution in [0, 0.1) is 5.82 Å². The van der Waals surface area contributed by atoms with Gasteiger partial charge in [0.15, 0.2) is 11.6 Å². The van der Waals surface area contributed by atoms with E-state index < -0.39 is 29.1 Å². The largest absolute Gasteiger partial charge is 0.481 e. The number of aromatic nitrogens is 5. The fourth-order valence-corrected chi connectivity index (χ4v) is 2.30. The normalized spacial score (nSPS) is 11.4. The van der Waals surface area contributed by atoms with Crippen LogP contribution in [0.5, 0.6) is 0 Å². The van der Waals surface area contributed by atoms with Gasteiger partial charge in [0.2, 0.25) is 0 Å². The summed E-state index contributed by atoms with van der Waals surface area (Å²) >= 11 is 0. The summed E-state index contributed by atoms with van der Waals surface area (Å²) in [4.78, 5) is 28.0. The molecule has 13 heteroatoms. The van der Waals surface area contributed by atoms with E-state index in [0.29, 0.717) is 12.1 Å². The van der Waals surface area contributed by atoms with Gasteiger partial charge in [-0.3, -0.25) is 14.2 Å². The molecule has 2 N–H and O–H groups in total. The lowest BCUT2D eigenvalue weighted by Crippen LogP contribution is -2.22. The Hall–Kier alpha value is -3.77. The first-order chi connectivity index (χ1) is 13.6. The van der Waals surface area contributed by atoms with E-state index in [1.807, 2.05) is 0 Å². The molecule has 9 nitrogen and oxygen atoms in total. The Balaban J connectivity index is 1.86. The Bertz CT molecular complexity index is 1110. The highest BCUT2D eigenvalue weighted by Gasteiger charge is 2.31. The number of rotatable bonds is 6. The van der Waals surface area contributed by atoms with Gasteiger partial charge in [-0.15, -0.1) is 5.10 Å². The Morgan fingerprint density at radius 2 is 2.03 bits per heavy atom. The Morgan fingerprint density at radius 3 is 2.69 bits per heavy atom. The van der Waals surface area contributed by atoms with E-state index in [9.17, 15) is 27.2 Å². The molecule has 2 aromatic heterocycles. The Morgan fingerprint density at radius 1 is 1.28 bits per heavy atom. The Kier molecular flexibility index (Phi) is 5.30. The van der Waals surface area contributed by atoms with Crippen LogP contribution < -0.4 is 10.9 Å². The van der Waals surface area contributed by atoms with Crippen LogP contribution in [-0.4, -0.2) is 35.6 Å². The SMILES string of the molecule is O=C(O)CCn1ncc(-n2ccnc(Nc3ccc(C(F)(F)F)cc3F)c2=O)n1. The number of hydrogen-bond donors (Lipinski definition) is 2. The lowest BCUT2D eigenvalue weighted by atomic mass is 10.2. The second-order valence-corrected chi connectivity index (χ2v) is 5.71. The van der Waals surface area contributed by atoms with Crippen molar-refractivity contribution in [2.24, 2.45) is 0 Å². The minimum Gasteiger partial charge on any atom is -0.481 e. The third-order valence-electron chi connectivity index (χ3n) is 3.69. The van der Waals surface area contributed by atoms with Gasteiger partial charge >= 0.3 is 12.1 Å². The molecule has 29 heavy (non-hydrogen) atoms. The van der Waals surface area contributed by atoms with Crippen molar-refractivity contribution in [1.82, 2.24) is 24.5 Å². The van der Waals surface area contributed by atoms with E-state index >= 15 is 0 Å². The highest BCUT2D eigenvalue weighted by Crippen LogP contribution is 2.31. The van der Waals surface area contributed by atoms with Crippen molar-refractivity contribution in [3.8, 4) is 5.82 Å². The van der Waals surface area contributed by atoms with Gasteiger partial charge in [0.25, 0.3) is 5.56 Å². The van der Waals surface area contributed by atoms with E-state index in [4.69, 9.17) is 5.11 Å². The van der Waals surface area contributed by atoms with Crippen LogP contribution in [0.3, 0.4) is 0 Å². The van der Waals surface area contributed by atoms with Crippen molar-refractivity contribution in [2.75, 3.05) is 5.32 Å². The molecule has 1 aromatic carbocycles. The van der Waals surface area contributed by atoms with Gasteiger partial charge in [0.1, 0.15) is 5.82 Å². The van der Waals surface area contributed by atoms with E-state index in [1.165, 1.54) is 18.6 Å². The fourth-order valence-electron chi connectivity index (χ4n) is 2.30. The summed E-state index contributed by atoms with van der Waals surface area (Å²) in [5.41, 5.74) is -2.31. The molecule has 3 rings (SSSR count). The third kappa shape index (κ3) is 4.56. The highest BCUT2D eigenvalue weighted by atomic mass is 19.4. The second kappa shape index (κ2) is 7.69. The minimum absolute atomic E-state index is 0.0168. The Labute approximate surface area is 159 Å². The molecule has 2 heterocycles. The fraction of sp³-hybridized carbons (Fsp3) is 0.188. The molecule has 0 radical (unpaired) electrons. The van der Waals surface area contributed by atoms with Gasteiger partial charge in [-0.05, 0) is 18.2 Å². The lowest BCUT2D eigenvalue weighted by Gasteiger charge is -2.11. The van der Waals surface area contributed by atoms with E-state index in [0.717, 1.165) is 15.4 Å². The molecule has 0 spiro atoms. The van der Waals surface area contributed by atoms with Gasteiger partial charge in [-0.1, -0.05) is 0 Å². The molecule has 0 bridgehead atoms. The number of anilines is 2. The predicted octanol–water partition coefficient (Wildman–Crippen LogP) is 2.20. The number of halogens is 4. The summed E-state index contributed by atoms with van der Waals surface area (Å²) in [6.45, 7) is -0.0168. The number of carboxylic acid groups (broad SMARTS) is 1. The van der Waals surface area contributed by atoms with E-state index in [2.05, 4.69) is 20.5 Å². The number of benzene rings is 1. The first-order valence-corrected chi connectivity index (χ1v) is 7.99. The number of aliphatic carboxylic acids is 1. The van der Waals surface area contributed by atoms with Gasteiger partial charge < -0.3 is 10.4 Å². The van der Waals surface area contributed by atoms with Crippen LogP contribution in [0.15, 0.2) is 41.6 Å². The molecule has 3 aromatic rings. The predicted molar refractivity (Wildman–Crippen MR) is 90.4 cm³/mol. The van der Waals surface area contributed by atoms with Crippen molar-refractivity contribution in [1.29, 1.82) is 0 Å². The van der Waals surface area contributed by atoms with Crippen molar-refractivity contribution in [3.63, 3.8) is 0 Å². The van der Waals surface area contributed by atoms with E-state index in [1.54, 1.807) is 0 Å². The van der Waals surface area contributed by atoms with Gasteiger partial charge in [0.05, 0.1) is 30.4 Å². The maximum atomic E-state index is 14.0. The third-order valence-corrected chi connectivity index (χ3v) is 3.69. The summed E-state index contributed by atoms with van der Waals surface area (Å²) in [7, 11) is 0. The zero-order valence-corrected chi connectivity index (χ0v) is 14.4. The molecule has 0 aliphatic rings. The molecule has 0 fully saturated rings. The van der Waals surface area contributed by atoms with Crippen LogP contribution in [0.1, 0.15) is 12.0 Å². The molecule has 0 aliphatic carbocycles. The van der Waals surface area contributed by atoms with Crippen molar-refractivity contribution < 1.29 is 27.5 Å². The van der Waals surface area contributed by atoms with Gasteiger partial charge in [-0.2, -0.15) is 23.1 Å². The summed E-state index contributed by atoms with van der Waals surface area (Å²) in [5.74, 6) is -2.56. The number of hydrogen-bond acceptors (Lipinski definition) is 6. The van der Waals surface area contributed by atoms with Crippen molar-refractivity contribution >= 4 is 17.5 Å². The lowest BCUT2D eigenvalue weighted by molar-refractivity contribution is -0.138. The second-order valence-electron chi connectivity index (χ2n) is 5.71. The molecular formula is C16H12F4N6O3. The molecule has 0 saturated heterocycles. The van der Waals surface area contributed by atoms with E-state index in [-0.39, 0.29) is 30.3 Å². The van der Waals surface area contributed by atoms with Gasteiger partial charge in [-0.25, -0.2) is 9.37 Å². The molecular weight excluding hydrogens is 400 g/mol. The smallest absolute Gasteiger partial charge is 0.416 e. The van der Waals surface area contributed by atoms with Crippen LogP contribution in [0.4, 0.5) is 29.1 Å². The first kappa shape index (κ1) is 20.0. The minimum atomic E-state index is -4.70. The number of carbonyl (C=O) groups is 1. The molecule has 0 saturated carbocycles. The summed E-state index contributed by atoms with van der Waals surface area (Å²) in [6.07, 6.45) is -1.27. The average molecular weight is 412 g/mol. The number of aryl methyl sites for hydroxylation is 1. The van der Waals surface area contributed by atoms with Gasteiger partial charge in [0, 0.05) is 12.4 Å². The first-order valence-electron chi connectivity index (χ1n) is 7.99. The van der Waals surface area contributed by atoms with Crippen LogP contribution >= 0.6 is 0 Å². The van der Waals surface area contributed by atoms with Crippen LogP contribution in [0.25, 0.3) is 5.82 Å². The molecule has 0 atom stereocenters. The summed E-state index contributed by atoms with van der Waals surface area (Å²) in [5, 5.41) is 18.8. The standard InChI is InChI=1S/C16H12F4N6O3/c17-10-7-9(16(18,19)20)1-2-11(10)23-14-15(29)25(6-4-21-14)12-8-22-26(24-12)5-3-13(27)28/h1-2,4,6-8H,3,5H2,(H,21,23)(H,27,28). The van der Waals surface area contributed by atoms with Crippen molar-refractivity contribution in [2.45, 2.75) is 19.1 Å². The average Bonchev–Trinajstić information content (AvgIpc) is 3.11. The molecule has 152 valence electrons. The number of nitrogens with one attached hydrogen (secondary N) is 1. The van der Waals surface area contributed by atoms with Crippen molar-refractivity contribution in [3.05, 3.63) is 58.5 Å². The number of alkyl halides is 3. The molecule has 0 unspecified atom stereocenters. The zero-order chi connectivity index (χ0) is 21.2. The quantitative estimate of drug-likeness (QED) is 0.597. The van der Waals surface area contributed by atoms with Crippen LogP contribution in [-0.2, 0) is 17.5 Å². The maximum absolute atomic E-state index is 14.0. The topological polar surface area (TPSA) is 115 Å². The highest BCUT2D eigenvalue weighted by molar-refractivity contribution is 5.66. The number of carboxylic acids is 1. The zero-order valence-electron chi connectivity index (χ0n) is 14.4. The van der Waals surface area contributed by atoms with Crippen LogP contribution in [0.2, 0.25) is 0 Å².